The molecule has 0 radical (unpaired) electrons. The van der Waals surface area contributed by atoms with E-state index in [2.05, 4.69) is 0 Å². The molecule has 0 unspecified atom stereocenters. The number of aliphatic hydroxyl groups is 2. The summed E-state index contributed by atoms with van der Waals surface area (Å²) in [7, 11) is 0. The van der Waals surface area contributed by atoms with Crippen molar-refractivity contribution in [1.29, 1.82) is 0 Å². The smallest absolute Gasteiger partial charge is 0.264 e. The van der Waals surface area contributed by atoms with Crippen molar-refractivity contribution in [2.45, 2.75) is 57.3 Å². The highest BCUT2D eigenvalue weighted by atomic mass is 16.3. The minimum atomic E-state index is -1.83. The van der Waals surface area contributed by atoms with Gasteiger partial charge in [-0.1, -0.05) is 91.9 Å². The van der Waals surface area contributed by atoms with Crippen LogP contribution in [0, 0.1) is 5.92 Å². The molecule has 8 heteroatoms. The van der Waals surface area contributed by atoms with Gasteiger partial charge in [-0.05, 0) is 59.4 Å². The molecule has 0 aliphatic carbocycles. The minimum absolute atomic E-state index is 0.0268. The molecule has 4 aromatic carbocycles. The molecule has 0 saturated carbocycles. The zero-order valence-electron chi connectivity index (χ0n) is 27.0. The van der Waals surface area contributed by atoms with Gasteiger partial charge in [-0.2, -0.15) is 0 Å². The predicted molar refractivity (Wildman–Crippen MR) is 184 cm³/mol. The summed E-state index contributed by atoms with van der Waals surface area (Å²) >= 11 is 0. The molecule has 244 valence electrons. The Morgan fingerprint density at radius 3 is 2.40 bits per heavy atom. The summed E-state index contributed by atoms with van der Waals surface area (Å²) in [6.07, 6.45) is 5.28. The highest BCUT2D eigenvalue weighted by molar-refractivity contribution is 6.07. The Labute approximate surface area is 280 Å². The van der Waals surface area contributed by atoms with Gasteiger partial charge in [-0.15, -0.1) is 0 Å². The van der Waals surface area contributed by atoms with Gasteiger partial charge < -0.3 is 20.0 Å². The molecule has 3 aliphatic heterocycles. The third kappa shape index (κ3) is 5.51. The Kier molecular flexibility index (Phi) is 8.45. The third-order valence-corrected chi connectivity index (χ3v) is 10.0. The highest BCUT2D eigenvalue weighted by Crippen LogP contribution is 2.46. The molecule has 0 aromatic heterocycles. The molecule has 3 aliphatic rings. The Bertz CT molecular complexity index is 1920. The molecule has 4 aromatic rings. The number of anilines is 3. The summed E-state index contributed by atoms with van der Waals surface area (Å²) in [5, 5.41) is 22.1. The molecule has 2 N–H and O–H groups in total. The normalized spacial score (nSPS) is 20.9. The second-order valence-corrected chi connectivity index (χ2v) is 13.0. The second kappa shape index (κ2) is 12.9. The molecule has 0 fully saturated rings. The summed E-state index contributed by atoms with van der Waals surface area (Å²) in [4.78, 5) is 45.6. The fourth-order valence-electron chi connectivity index (χ4n) is 7.42. The number of benzene rings is 4. The van der Waals surface area contributed by atoms with Crippen molar-refractivity contribution >= 4 is 34.8 Å². The van der Waals surface area contributed by atoms with Gasteiger partial charge in [0.05, 0.1) is 30.6 Å². The Hall–Kier alpha value is -5.05. The number of para-hydroxylation sites is 2. The lowest BCUT2D eigenvalue weighted by molar-refractivity contribution is -0.139. The van der Waals surface area contributed by atoms with Crippen LogP contribution in [-0.4, -0.2) is 45.5 Å². The zero-order chi connectivity index (χ0) is 33.4. The fraction of sp³-hybridized carbons (Fsp3) is 0.275. The van der Waals surface area contributed by atoms with E-state index in [0.29, 0.717) is 37.1 Å². The average Bonchev–Trinajstić information content (AvgIpc) is 3.33. The van der Waals surface area contributed by atoms with Gasteiger partial charge in [-0.25, -0.2) is 0 Å². The SMILES string of the molecule is C[C@H](/C=C/CC(=O)N1Cc2ccccc2C[C@H]1CO)[C@@]1(O)C(=O)N(Cc2cccc(N3C(=O)CCc4ccccc43)c2)c2ccccc21. The van der Waals surface area contributed by atoms with E-state index in [1.54, 1.807) is 39.8 Å². The summed E-state index contributed by atoms with van der Waals surface area (Å²) in [5.41, 5.74) is 5.10. The molecule has 0 saturated heterocycles. The molecule has 3 atom stereocenters. The fourth-order valence-corrected chi connectivity index (χ4v) is 7.42. The average molecular weight is 642 g/mol. The third-order valence-electron chi connectivity index (χ3n) is 10.0. The quantitative estimate of drug-likeness (QED) is 0.246. The lowest BCUT2D eigenvalue weighted by Gasteiger charge is -2.36. The minimum Gasteiger partial charge on any atom is -0.394 e. The molecular formula is C40H39N3O5. The first-order valence-electron chi connectivity index (χ1n) is 16.6. The van der Waals surface area contributed by atoms with E-state index in [9.17, 15) is 24.6 Å². The van der Waals surface area contributed by atoms with E-state index < -0.39 is 17.4 Å². The highest BCUT2D eigenvalue weighted by Gasteiger charge is 2.52. The van der Waals surface area contributed by atoms with Gasteiger partial charge in [0, 0.05) is 36.6 Å². The maximum atomic E-state index is 14.1. The van der Waals surface area contributed by atoms with Crippen molar-refractivity contribution in [3.8, 4) is 0 Å². The predicted octanol–water partition coefficient (Wildman–Crippen LogP) is 5.56. The van der Waals surface area contributed by atoms with E-state index in [4.69, 9.17) is 0 Å². The number of amides is 3. The van der Waals surface area contributed by atoms with Crippen LogP contribution in [0.15, 0.2) is 109 Å². The summed E-state index contributed by atoms with van der Waals surface area (Å²) in [6.45, 7) is 2.32. The Morgan fingerprint density at radius 1 is 0.896 bits per heavy atom. The number of fused-ring (bicyclic) bond motifs is 3. The Balaban J connectivity index is 1.09. The first kappa shape index (κ1) is 31.5. The number of aliphatic hydroxyl groups excluding tert-OH is 1. The summed E-state index contributed by atoms with van der Waals surface area (Å²) in [5.74, 6) is -1.16. The van der Waals surface area contributed by atoms with Crippen molar-refractivity contribution in [3.05, 3.63) is 137 Å². The monoisotopic (exact) mass is 641 g/mol. The second-order valence-electron chi connectivity index (χ2n) is 13.0. The molecule has 0 spiro atoms. The van der Waals surface area contributed by atoms with Crippen molar-refractivity contribution in [2.24, 2.45) is 5.92 Å². The number of rotatable bonds is 8. The van der Waals surface area contributed by atoms with Crippen LogP contribution in [-0.2, 0) is 45.9 Å². The van der Waals surface area contributed by atoms with Crippen LogP contribution in [0.25, 0.3) is 0 Å². The number of hydrogen-bond donors (Lipinski definition) is 2. The molecule has 3 amide bonds. The maximum Gasteiger partial charge on any atom is 0.264 e. The molecule has 3 heterocycles. The first-order valence-corrected chi connectivity index (χ1v) is 16.6. The maximum absolute atomic E-state index is 14.1. The first-order chi connectivity index (χ1) is 23.3. The number of carbonyl (C=O) groups is 3. The summed E-state index contributed by atoms with van der Waals surface area (Å²) in [6, 6.07) is 30.5. The van der Waals surface area contributed by atoms with Crippen molar-refractivity contribution in [2.75, 3.05) is 16.4 Å². The van der Waals surface area contributed by atoms with Gasteiger partial charge in [-0.3, -0.25) is 19.3 Å². The standard InChI is InChI=1S/C40H39N3O5/c1-27(10-8-19-37(45)41-25-31-14-3-2-13-30(31)23-33(41)26-44)40(48)34-16-5-7-18-36(34)42(39(40)47)24-28-11-9-15-32(22-28)43-35-17-6-4-12-29(35)20-21-38(43)46/h2-18,22,27,33,44,48H,19-21,23-26H2,1H3/b10-8+/t27-,33+,40+/m1/s1. The van der Waals surface area contributed by atoms with E-state index in [-0.39, 0.29) is 37.4 Å². The van der Waals surface area contributed by atoms with Crippen LogP contribution in [0.4, 0.5) is 17.1 Å². The van der Waals surface area contributed by atoms with E-state index in [0.717, 1.165) is 33.6 Å². The van der Waals surface area contributed by atoms with Gasteiger partial charge in [0.25, 0.3) is 5.91 Å². The Morgan fingerprint density at radius 2 is 1.60 bits per heavy atom. The largest absolute Gasteiger partial charge is 0.394 e. The van der Waals surface area contributed by atoms with Crippen LogP contribution in [0.1, 0.15) is 47.6 Å². The topological polar surface area (TPSA) is 101 Å². The van der Waals surface area contributed by atoms with Gasteiger partial charge in [0.1, 0.15) is 0 Å². The lowest BCUT2D eigenvalue weighted by Crippen LogP contribution is -2.46. The molecule has 48 heavy (non-hydrogen) atoms. The molecule has 7 rings (SSSR count). The number of nitrogens with zero attached hydrogens (tertiary/aromatic N) is 3. The van der Waals surface area contributed by atoms with Crippen LogP contribution in [0.3, 0.4) is 0 Å². The van der Waals surface area contributed by atoms with E-state index >= 15 is 0 Å². The lowest BCUT2D eigenvalue weighted by atomic mass is 9.83. The van der Waals surface area contributed by atoms with Crippen LogP contribution in [0.2, 0.25) is 0 Å². The van der Waals surface area contributed by atoms with Gasteiger partial charge >= 0.3 is 0 Å². The van der Waals surface area contributed by atoms with Crippen LogP contribution < -0.4 is 9.80 Å². The van der Waals surface area contributed by atoms with Gasteiger partial charge in [0.2, 0.25) is 11.8 Å². The summed E-state index contributed by atoms with van der Waals surface area (Å²) < 4.78 is 0. The van der Waals surface area contributed by atoms with Crippen molar-refractivity contribution in [1.82, 2.24) is 4.90 Å². The van der Waals surface area contributed by atoms with Crippen molar-refractivity contribution in [3.63, 3.8) is 0 Å². The van der Waals surface area contributed by atoms with Crippen LogP contribution >= 0.6 is 0 Å². The van der Waals surface area contributed by atoms with E-state index in [1.807, 2.05) is 91.0 Å². The number of aryl methyl sites for hydroxylation is 1. The van der Waals surface area contributed by atoms with Gasteiger partial charge in [0.15, 0.2) is 5.60 Å². The van der Waals surface area contributed by atoms with E-state index in [1.165, 1.54) is 0 Å². The van der Waals surface area contributed by atoms with Crippen LogP contribution in [0.5, 0.6) is 0 Å². The molecule has 0 bridgehead atoms. The number of carbonyl (C=O) groups excluding carboxylic acids is 3. The molecular weight excluding hydrogens is 602 g/mol. The van der Waals surface area contributed by atoms with Crippen molar-refractivity contribution < 1.29 is 24.6 Å². The zero-order valence-corrected chi connectivity index (χ0v) is 27.0. The molecule has 8 nitrogen and oxygen atoms in total. The number of hydrogen-bond acceptors (Lipinski definition) is 5.